The zero-order valence-corrected chi connectivity index (χ0v) is 18.3. The smallest absolute Gasteiger partial charge is 0.333 e. The number of hydrogen-bond donors (Lipinski definition) is 2. The van der Waals surface area contributed by atoms with E-state index >= 15 is 0 Å². The fourth-order valence-corrected chi connectivity index (χ4v) is 2.72. The van der Waals surface area contributed by atoms with Crippen LogP contribution in [0, 0.1) is 0 Å². The highest BCUT2D eigenvalue weighted by atomic mass is 16.7. The Morgan fingerprint density at radius 3 is 2.11 bits per heavy atom. The molecule has 0 aliphatic carbocycles. The molecule has 164 valence electrons. The molecular weight excluding hydrogens is 368 g/mol. The molecule has 2 aliphatic rings. The fraction of sp³-hybridized carbons (Fsp3) is 0.850. The van der Waals surface area contributed by atoms with Crippen LogP contribution in [0.25, 0.3) is 0 Å². The summed E-state index contributed by atoms with van der Waals surface area (Å²) in [4.78, 5) is 11.3. The quantitative estimate of drug-likeness (QED) is 0.529. The van der Waals surface area contributed by atoms with Gasteiger partial charge in [-0.3, -0.25) is 0 Å². The molecule has 0 saturated carbocycles. The summed E-state index contributed by atoms with van der Waals surface area (Å²) >= 11 is 0. The molecule has 8 nitrogen and oxygen atoms in total. The lowest BCUT2D eigenvalue weighted by molar-refractivity contribution is -0.171. The highest BCUT2D eigenvalue weighted by Crippen LogP contribution is 2.27. The summed E-state index contributed by atoms with van der Waals surface area (Å²) in [6.07, 6.45) is 0.209. The third-order valence-corrected chi connectivity index (χ3v) is 4.17. The van der Waals surface area contributed by atoms with E-state index in [1.54, 1.807) is 47.6 Å². The lowest BCUT2D eigenvalue weighted by Gasteiger charge is -2.29. The van der Waals surface area contributed by atoms with E-state index in [9.17, 15) is 15.0 Å². The molecule has 2 rings (SSSR count). The Balaban J connectivity index is 0.000000283. The van der Waals surface area contributed by atoms with Crippen molar-refractivity contribution in [2.75, 3.05) is 19.8 Å². The molecular formula is C20H36O8. The minimum atomic E-state index is -1.16. The first-order valence-corrected chi connectivity index (χ1v) is 9.56. The summed E-state index contributed by atoms with van der Waals surface area (Å²) in [6, 6.07) is 0. The molecule has 0 aromatic heterocycles. The first-order valence-electron chi connectivity index (χ1n) is 9.56. The van der Waals surface area contributed by atoms with Crippen LogP contribution in [0.5, 0.6) is 0 Å². The van der Waals surface area contributed by atoms with Crippen molar-refractivity contribution in [1.29, 1.82) is 0 Å². The summed E-state index contributed by atoms with van der Waals surface area (Å²) in [7, 11) is 0. The van der Waals surface area contributed by atoms with Crippen LogP contribution in [0.3, 0.4) is 0 Å². The largest absolute Gasteiger partial charge is 0.463 e. The van der Waals surface area contributed by atoms with E-state index in [-0.39, 0.29) is 12.1 Å². The molecule has 2 heterocycles. The van der Waals surface area contributed by atoms with Crippen molar-refractivity contribution in [2.24, 2.45) is 0 Å². The second kappa shape index (κ2) is 9.65. The average Bonchev–Trinajstić information content (AvgIpc) is 3.07. The van der Waals surface area contributed by atoms with Crippen molar-refractivity contribution in [1.82, 2.24) is 0 Å². The van der Waals surface area contributed by atoms with E-state index in [0.29, 0.717) is 25.4 Å². The Bertz CT molecular complexity index is 547. The van der Waals surface area contributed by atoms with Crippen LogP contribution >= 0.6 is 0 Å². The number of hydrogen-bond acceptors (Lipinski definition) is 8. The Kier molecular flexibility index (Phi) is 8.62. The van der Waals surface area contributed by atoms with E-state index in [1.807, 2.05) is 13.8 Å². The SMILES string of the molecule is CC1(C)OCC([C@@H](O)C(C)(C)O)O1.CCOC(=O)/C(C)=C/C1COC(C)(C)O1. The van der Waals surface area contributed by atoms with Crippen LogP contribution in [0.2, 0.25) is 0 Å². The third-order valence-electron chi connectivity index (χ3n) is 4.17. The number of carbonyl (C=O) groups excluding carboxylic acids is 1. The van der Waals surface area contributed by atoms with Crippen molar-refractivity contribution >= 4 is 5.97 Å². The zero-order valence-electron chi connectivity index (χ0n) is 18.3. The molecule has 2 unspecified atom stereocenters. The molecule has 3 atom stereocenters. The Morgan fingerprint density at radius 1 is 1.18 bits per heavy atom. The summed E-state index contributed by atoms with van der Waals surface area (Å²) in [5.41, 5.74) is -0.600. The van der Waals surface area contributed by atoms with Crippen LogP contribution < -0.4 is 0 Å². The van der Waals surface area contributed by atoms with Gasteiger partial charge in [-0.25, -0.2) is 4.79 Å². The van der Waals surface area contributed by atoms with E-state index in [1.165, 1.54) is 0 Å². The molecule has 0 amide bonds. The van der Waals surface area contributed by atoms with Gasteiger partial charge in [-0.2, -0.15) is 0 Å². The second-order valence-corrected chi connectivity index (χ2v) is 8.40. The predicted octanol–water partition coefficient (Wildman–Crippen LogP) is 1.92. The summed E-state index contributed by atoms with van der Waals surface area (Å²) in [6.45, 7) is 15.0. The number of aliphatic hydroxyl groups is 2. The molecule has 2 saturated heterocycles. The molecule has 0 bridgehead atoms. The lowest BCUT2D eigenvalue weighted by Crippen LogP contribution is -2.46. The molecule has 0 aromatic rings. The minimum absolute atomic E-state index is 0.163. The maximum Gasteiger partial charge on any atom is 0.333 e. The summed E-state index contributed by atoms with van der Waals surface area (Å²) in [5, 5.41) is 19.2. The monoisotopic (exact) mass is 404 g/mol. The molecule has 2 aliphatic heterocycles. The Hall–Kier alpha value is -1.03. The van der Waals surface area contributed by atoms with Crippen LogP contribution in [0.15, 0.2) is 11.6 Å². The van der Waals surface area contributed by atoms with Gasteiger partial charge in [0.05, 0.1) is 25.4 Å². The molecule has 0 spiro atoms. The number of rotatable bonds is 5. The van der Waals surface area contributed by atoms with Crippen LogP contribution in [-0.2, 0) is 28.5 Å². The van der Waals surface area contributed by atoms with Crippen LogP contribution in [-0.4, -0.2) is 71.5 Å². The van der Waals surface area contributed by atoms with Crippen molar-refractivity contribution in [3.63, 3.8) is 0 Å². The molecule has 0 radical (unpaired) electrons. The summed E-state index contributed by atoms with van der Waals surface area (Å²) < 4.78 is 26.5. The first kappa shape index (κ1) is 25.0. The van der Waals surface area contributed by atoms with Crippen molar-refractivity contribution in [3.05, 3.63) is 11.6 Å². The number of aliphatic hydroxyl groups excluding tert-OH is 1. The van der Waals surface area contributed by atoms with E-state index in [2.05, 4.69) is 0 Å². The van der Waals surface area contributed by atoms with Gasteiger partial charge in [-0.05, 0) is 61.5 Å². The fourth-order valence-electron chi connectivity index (χ4n) is 2.72. The topological polar surface area (TPSA) is 104 Å². The van der Waals surface area contributed by atoms with Gasteiger partial charge in [0.2, 0.25) is 0 Å². The van der Waals surface area contributed by atoms with E-state index < -0.39 is 29.4 Å². The van der Waals surface area contributed by atoms with Gasteiger partial charge in [0.1, 0.15) is 18.3 Å². The normalized spacial score (nSPS) is 27.7. The van der Waals surface area contributed by atoms with Gasteiger partial charge in [0.15, 0.2) is 11.6 Å². The zero-order chi connectivity index (χ0) is 21.8. The van der Waals surface area contributed by atoms with Gasteiger partial charge >= 0.3 is 5.97 Å². The van der Waals surface area contributed by atoms with E-state index in [4.69, 9.17) is 23.7 Å². The molecule has 2 N–H and O–H groups in total. The summed E-state index contributed by atoms with van der Waals surface area (Å²) in [5.74, 6) is -1.52. The van der Waals surface area contributed by atoms with Crippen molar-refractivity contribution < 1.29 is 38.7 Å². The number of esters is 1. The lowest BCUT2D eigenvalue weighted by atomic mass is 9.97. The highest BCUT2D eigenvalue weighted by Gasteiger charge is 2.42. The predicted molar refractivity (Wildman–Crippen MR) is 103 cm³/mol. The standard InChI is InChI=1S/C11H18O4.C9H18O4/c1-5-13-10(12)8(2)6-9-7-14-11(3,4)15-9;1-8(2,11)7(10)6-5-12-9(3,4)13-6/h6,9H,5,7H2,1-4H3;6-7,10-11H,5H2,1-4H3/b8-6+;/t;6?,7-/m.1/s1. The third kappa shape index (κ3) is 8.14. The van der Waals surface area contributed by atoms with Gasteiger partial charge in [0.25, 0.3) is 0 Å². The van der Waals surface area contributed by atoms with Gasteiger partial charge in [-0.1, -0.05) is 0 Å². The maximum absolute atomic E-state index is 11.3. The maximum atomic E-state index is 11.3. The second-order valence-electron chi connectivity index (χ2n) is 8.40. The Labute approximate surface area is 167 Å². The van der Waals surface area contributed by atoms with Gasteiger partial charge < -0.3 is 33.9 Å². The number of ether oxygens (including phenoxy) is 5. The molecule has 8 heteroatoms. The van der Waals surface area contributed by atoms with Crippen molar-refractivity contribution in [2.45, 2.75) is 90.9 Å². The molecule has 2 fully saturated rings. The molecule has 28 heavy (non-hydrogen) atoms. The Morgan fingerprint density at radius 2 is 1.71 bits per heavy atom. The number of carbonyl (C=O) groups is 1. The van der Waals surface area contributed by atoms with Crippen molar-refractivity contribution in [3.8, 4) is 0 Å². The van der Waals surface area contributed by atoms with E-state index in [0.717, 1.165) is 0 Å². The highest BCUT2D eigenvalue weighted by molar-refractivity contribution is 5.87. The van der Waals surface area contributed by atoms with Crippen LogP contribution in [0.4, 0.5) is 0 Å². The molecule has 0 aromatic carbocycles. The van der Waals surface area contributed by atoms with Gasteiger partial charge in [-0.15, -0.1) is 0 Å². The minimum Gasteiger partial charge on any atom is -0.463 e. The van der Waals surface area contributed by atoms with Gasteiger partial charge in [0, 0.05) is 5.57 Å². The average molecular weight is 405 g/mol. The first-order chi connectivity index (χ1) is 12.7. The van der Waals surface area contributed by atoms with Crippen LogP contribution in [0.1, 0.15) is 55.4 Å².